The molecule has 1 aliphatic rings. The van der Waals surface area contributed by atoms with Gasteiger partial charge in [0.05, 0.1) is 6.20 Å². The quantitative estimate of drug-likeness (QED) is 0.855. The zero-order chi connectivity index (χ0) is 13.2. The maximum atomic E-state index is 5.87. The zero-order valence-corrected chi connectivity index (χ0v) is 11.3. The molecule has 2 N–H and O–H groups in total. The minimum absolute atomic E-state index is 0.861. The van der Waals surface area contributed by atoms with Crippen molar-refractivity contribution in [3.63, 3.8) is 0 Å². The Hall–Kier alpha value is -1.81. The molecular weight excluding hydrogens is 236 g/mol. The predicted octanol–water partition coefficient (Wildman–Crippen LogP) is 2.04. The van der Waals surface area contributed by atoms with Crippen LogP contribution >= 0.6 is 0 Å². The fourth-order valence-electron chi connectivity index (χ4n) is 2.69. The number of hydrogen-bond acceptors (Lipinski definition) is 3. The second-order valence-corrected chi connectivity index (χ2v) is 5.19. The van der Waals surface area contributed by atoms with Crippen molar-refractivity contribution in [2.45, 2.75) is 33.0 Å². The summed E-state index contributed by atoms with van der Waals surface area (Å²) in [4.78, 5) is 2.46. The Morgan fingerprint density at radius 2 is 2.21 bits per heavy atom. The average Bonchev–Trinajstić information content (AvgIpc) is 2.86. The van der Waals surface area contributed by atoms with E-state index >= 15 is 0 Å². The molecular formula is C15H20N4. The van der Waals surface area contributed by atoms with Crippen molar-refractivity contribution in [2.75, 3.05) is 12.3 Å². The normalized spacial score (nSPS) is 15.4. The maximum absolute atomic E-state index is 5.87. The fourth-order valence-corrected chi connectivity index (χ4v) is 2.69. The molecule has 0 bridgehead atoms. The van der Waals surface area contributed by atoms with E-state index < -0.39 is 0 Å². The molecule has 0 radical (unpaired) electrons. The fraction of sp³-hybridized carbons (Fsp3) is 0.400. The summed E-state index contributed by atoms with van der Waals surface area (Å²) in [6.07, 6.45) is 5.21. The summed E-state index contributed by atoms with van der Waals surface area (Å²) in [6, 6.07) is 6.27. The molecule has 4 heteroatoms. The lowest BCUT2D eigenvalue weighted by atomic mass is 9.99. The molecule has 19 heavy (non-hydrogen) atoms. The van der Waals surface area contributed by atoms with E-state index in [1.807, 2.05) is 16.9 Å². The van der Waals surface area contributed by atoms with Crippen LogP contribution in [-0.2, 0) is 26.1 Å². The van der Waals surface area contributed by atoms with Gasteiger partial charge in [-0.15, -0.1) is 0 Å². The Labute approximate surface area is 113 Å². The Morgan fingerprint density at radius 3 is 3.00 bits per heavy atom. The summed E-state index contributed by atoms with van der Waals surface area (Å²) < 4.78 is 1.98. The van der Waals surface area contributed by atoms with E-state index in [4.69, 9.17) is 5.73 Å². The SMILES string of the molecule is CCn1cc(CN2CCc3ccc(N)cc3C2)cn1. The van der Waals surface area contributed by atoms with E-state index in [1.54, 1.807) is 0 Å². The Bertz CT molecular complexity index is 573. The van der Waals surface area contributed by atoms with Gasteiger partial charge in [-0.3, -0.25) is 9.58 Å². The summed E-state index contributed by atoms with van der Waals surface area (Å²) >= 11 is 0. The highest BCUT2D eigenvalue weighted by Crippen LogP contribution is 2.22. The van der Waals surface area contributed by atoms with Crippen molar-refractivity contribution < 1.29 is 0 Å². The van der Waals surface area contributed by atoms with Gasteiger partial charge < -0.3 is 5.73 Å². The third kappa shape index (κ3) is 2.63. The van der Waals surface area contributed by atoms with Crippen LogP contribution in [0.1, 0.15) is 23.6 Å². The first-order valence-corrected chi connectivity index (χ1v) is 6.85. The van der Waals surface area contributed by atoms with Crippen molar-refractivity contribution in [1.29, 1.82) is 0 Å². The predicted molar refractivity (Wildman–Crippen MR) is 76.6 cm³/mol. The first-order chi connectivity index (χ1) is 9.24. The number of fused-ring (bicyclic) bond motifs is 1. The largest absolute Gasteiger partial charge is 0.399 e. The number of aryl methyl sites for hydroxylation is 1. The zero-order valence-electron chi connectivity index (χ0n) is 11.3. The lowest BCUT2D eigenvalue weighted by Gasteiger charge is -2.28. The van der Waals surface area contributed by atoms with Gasteiger partial charge >= 0.3 is 0 Å². The summed E-state index contributed by atoms with van der Waals surface area (Å²) in [7, 11) is 0. The highest BCUT2D eigenvalue weighted by molar-refractivity contribution is 5.45. The lowest BCUT2D eigenvalue weighted by Crippen LogP contribution is -2.30. The van der Waals surface area contributed by atoms with Gasteiger partial charge in [0.25, 0.3) is 0 Å². The number of nitrogens with two attached hydrogens (primary N) is 1. The van der Waals surface area contributed by atoms with Gasteiger partial charge in [0.15, 0.2) is 0 Å². The van der Waals surface area contributed by atoms with Crippen LogP contribution < -0.4 is 5.73 Å². The highest BCUT2D eigenvalue weighted by Gasteiger charge is 2.16. The summed E-state index contributed by atoms with van der Waals surface area (Å²) in [5.41, 5.74) is 10.8. The third-order valence-electron chi connectivity index (χ3n) is 3.74. The van der Waals surface area contributed by atoms with Gasteiger partial charge in [0.1, 0.15) is 0 Å². The van der Waals surface area contributed by atoms with E-state index in [1.165, 1.54) is 16.7 Å². The molecule has 2 heterocycles. The third-order valence-corrected chi connectivity index (χ3v) is 3.74. The lowest BCUT2D eigenvalue weighted by molar-refractivity contribution is 0.245. The number of nitrogen functional groups attached to an aromatic ring is 1. The Morgan fingerprint density at radius 1 is 1.32 bits per heavy atom. The van der Waals surface area contributed by atoms with Crippen LogP contribution in [-0.4, -0.2) is 21.2 Å². The molecule has 1 aromatic heterocycles. The second kappa shape index (κ2) is 5.05. The van der Waals surface area contributed by atoms with Crippen molar-refractivity contribution in [3.8, 4) is 0 Å². The number of nitrogens with zero attached hydrogens (tertiary/aromatic N) is 3. The van der Waals surface area contributed by atoms with Gasteiger partial charge in [0, 0.05) is 43.6 Å². The molecule has 4 nitrogen and oxygen atoms in total. The molecule has 1 aromatic carbocycles. The topological polar surface area (TPSA) is 47.1 Å². The van der Waals surface area contributed by atoms with E-state index in [-0.39, 0.29) is 0 Å². The number of benzene rings is 1. The van der Waals surface area contributed by atoms with Gasteiger partial charge in [-0.2, -0.15) is 5.10 Å². The standard InChI is InChI=1S/C15H20N4/c1-2-19-10-12(8-17-19)9-18-6-5-13-3-4-15(16)7-14(13)11-18/h3-4,7-8,10H,2,5-6,9,11,16H2,1H3. The summed E-state index contributed by atoms with van der Waals surface area (Å²) in [5.74, 6) is 0. The monoisotopic (exact) mass is 256 g/mol. The maximum Gasteiger partial charge on any atom is 0.0534 e. The number of anilines is 1. The van der Waals surface area contributed by atoms with Crippen molar-refractivity contribution >= 4 is 5.69 Å². The molecule has 0 saturated heterocycles. The molecule has 0 unspecified atom stereocenters. The number of hydrogen-bond donors (Lipinski definition) is 1. The van der Waals surface area contributed by atoms with Crippen molar-refractivity contribution in [3.05, 3.63) is 47.3 Å². The van der Waals surface area contributed by atoms with Crippen molar-refractivity contribution in [1.82, 2.24) is 14.7 Å². The first kappa shape index (κ1) is 12.2. The number of aromatic nitrogens is 2. The molecule has 2 aromatic rings. The minimum Gasteiger partial charge on any atom is -0.399 e. The van der Waals surface area contributed by atoms with Crippen LogP contribution in [0.3, 0.4) is 0 Å². The Kier molecular flexibility index (Phi) is 3.25. The summed E-state index contributed by atoms with van der Waals surface area (Å²) in [6.45, 7) is 6.09. The molecule has 0 atom stereocenters. The molecule has 0 saturated carbocycles. The van der Waals surface area contributed by atoms with E-state index in [9.17, 15) is 0 Å². The van der Waals surface area contributed by atoms with Gasteiger partial charge in [-0.05, 0) is 36.6 Å². The van der Waals surface area contributed by atoms with Gasteiger partial charge in [-0.25, -0.2) is 0 Å². The summed E-state index contributed by atoms with van der Waals surface area (Å²) in [5, 5.41) is 4.33. The van der Waals surface area contributed by atoms with Crippen LogP contribution in [0, 0.1) is 0 Å². The molecule has 0 amide bonds. The van der Waals surface area contributed by atoms with Crippen molar-refractivity contribution in [2.24, 2.45) is 0 Å². The van der Waals surface area contributed by atoms with Crippen LogP contribution in [0.4, 0.5) is 5.69 Å². The van der Waals surface area contributed by atoms with Crippen LogP contribution in [0.15, 0.2) is 30.6 Å². The highest BCUT2D eigenvalue weighted by atomic mass is 15.3. The van der Waals surface area contributed by atoms with Crippen LogP contribution in [0.2, 0.25) is 0 Å². The molecule has 3 rings (SSSR count). The van der Waals surface area contributed by atoms with Gasteiger partial charge in [0.2, 0.25) is 0 Å². The minimum atomic E-state index is 0.861. The molecule has 0 fully saturated rings. The number of rotatable bonds is 3. The molecule has 1 aliphatic heterocycles. The van der Waals surface area contributed by atoms with Crippen LogP contribution in [0.5, 0.6) is 0 Å². The Balaban J connectivity index is 1.71. The average molecular weight is 256 g/mol. The first-order valence-electron chi connectivity index (χ1n) is 6.85. The van der Waals surface area contributed by atoms with Crippen LogP contribution in [0.25, 0.3) is 0 Å². The molecule has 0 aliphatic carbocycles. The second-order valence-electron chi connectivity index (χ2n) is 5.19. The van der Waals surface area contributed by atoms with E-state index in [2.05, 4.69) is 35.3 Å². The smallest absolute Gasteiger partial charge is 0.0534 e. The molecule has 100 valence electrons. The van der Waals surface area contributed by atoms with E-state index in [0.29, 0.717) is 0 Å². The van der Waals surface area contributed by atoms with Gasteiger partial charge in [-0.1, -0.05) is 6.07 Å². The molecule has 0 spiro atoms. The van der Waals surface area contributed by atoms with E-state index in [0.717, 1.165) is 38.3 Å².